The molecule has 0 saturated carbocycles. The van der Waals surface area contributed by atoms with Crippen molar-refractivity contribution in [2.75, 3.05) is 19.7 Å². The van der Waals surface area contributed by atoms with Crippen molar-refractivity contribution < 1.29 is 14.1 Å². The lowest BCUT2D eigenvalue weighted by Gasteiger charge is -2.16. The molecule has 1 fully saturated rings. The standard InChI is InChI=1S/C21H22N4O3/c26-20(15-27-18-6-2-1-3-7-18)25-12-10-16(14-25)8-9-19-23-21(28-24-19)17-5-4-11-22-13-17/h1-7,11,13,16H,8-10,12,14-15H2. The predicted molar refractivity (Wildman–Crippen MR) is 102 cm³/mol. The lowest BCUT2D eigenvalue weighted by molar-refractivity contribution is -0.132. The maximum Gasteiger partial charge on any atom is 0.260 e. The van der Waals surface area contributed by atoms with Crippen LogP contribution in [0.2, 0.25) is 0 Å². The Hall–Kier alpha value is -3.22. The summed E-state index contributed by atoms with van der Waals surface area (Å²) in [5, 5.41) is 4.06. The molecule has 0 aliphatic carbocycles. The Morgan fingerprint density at radius 2 is 2.11 bits per heavy atom. The van der Waals surface area contributed by atoms with Crippen LogP contribution < -0.4 is 4.74 Å². The number of para-hydroxylation sites is 1. The summed E-state index contributed by atoms with van der Waals surface area (Å²) in [4.78, 5) is 22.7. The maximum absolute atomic E-state index is 12.4. The molecule has 1 amide bonds. The molecule has 0 spiro atoms. The number of benzene rings is 1. The normalized spacial score (nSPS) is 16.3. The van der Waals surface area contributed by atoms with Gasteiger partial charge >= 0.3 is 0 Å². The average molecular weight is 378 g/mol. The van der Waals surface area contributed by atoms with Crippen LogP contribution in [0.5, 0.6) is 5.75 Å². The van der Waals surface area contributed by atoms with Gasteiger partial charge in [0.1, 0.15) is 5.75 Å². The highest BCUT2D eigenvalue weighted by atomic mass is 16.5. The van der Waals surface area contributed by atoms with Gasteiger partial charge in [0.05, 0.1) is 5.56 Å². The number of amides is 1. The summed E-state index contributed by atoms with van der Waals surface area (Å²) in [5.41, 5.74) is 0.817. The van der Waals surface area contributed by atoms with Gasteiger partial charge in [0.2, 0.25) is 0 Å². The van der Waals surface area contributed by atoms with E-state index in [-0.39, 0.29) is 12.5 Å². The highest BCUT2D eigenvalue weighted by molar-refractivity contribution is 5.78. The molecule has 144 valence electrons. The molecule has 1 unspecified atom stereocenters. The fraction of sp³-hybridized carbons (Fsp3) is 0.333. The molecule has 1 aromatic carbocycles. The summed E-state index contributed by atoms with van der Waals surface area (Å²) in [5.74, 6) is 2.37. The fourth-order valence-corrected chi connectivity index (χ4v) is 3.34. The molecular weight excluding hydrogens is 356 g/mol. The summed E-state index contributed by atoms with van der Waals surface area (Å²) < 4.78 is 10.9. The first-order chi connectivity index (χ1) is 13.8. The first-order valence-electron chi connectivity index (χ1n) is 9.46. The number of carbonyl (C=O) groups excluding carboxylic acids is 1. The van der Waals surface area contributed by atoms with E-state index >= 15 is 0 Å². The number of rotatable bonds is 7. The van der Waals surface area contributed by atoms with E-state index in [1.807, 2.05) is 47.4 Å². The van der Waals surface area contributed by atoms with Gasteiger partial charge in [-0.2, -0.15) is 4.98 Å². The number of ether oxygens (including phenoxy) is 1. The van der Waals surface area contributed by atoms with Crippen LogP contribution in [0.3, 0.4) is 0 Å². The summed E-state index contributed by atoms with van der Waals surface area (Å²) in [6, 6.07) is 13.1. The number of nitrogens with zero attached hydrogens (tertiary/aromatic N) is 4. The van der Waals surface area contributed by atoms with Crippen LogP contribution >= 0.6 is 0 Å². The number of likely N-dealkylation sites (tertiary alicyclic amines) is 1. The average Bonchev–Trinajstić information content (AvgIpc) is 3.42. The molecule has 28 heavy (non-hydrogen) atoms. The lowest BCUT2D eigenvalue weighted by Crippen LogP contribution is -2.33. The molecule has 0 radical (unpaired) electrons. The van der Waals surface area contributed by atoms with Crippen molar-refractivity contribution in [3.63, 3.8) is 0 Å². The van der Waals surface area contributed by atoms with Crippen LogP contribution in [0.4, 0.5) is 0 Å². The number of aromatic nitrogens is 3. The van der Waals surface area contributed by atoms with E-state index < -0.39 is 0 Å². The second kappa shape index (κ2) is 8.65. The fourth-order valence-electron chi connectivity index (χ4n) is 3.34. The van der Waals surface area contributed by atoms with Gasteiger partial charge in [-0.05, 0) is 43.0 Å². The summed E-state index contributed by atoms with van der Waals surface area (Å²) in [6.45, 7) is 1.61. The molecule has 3 heterocycles. The lowest BCUT2D eigenvalue weighted by atomic mass is 10.0. The zero-order valence-electron chi connectivity index (χ0n) is 15.5. The van der Waals surface area contributed by atoms with E-state index in [1.54, 1.807) is 12.4 Å². The predicted octanol–water partition coefficient (Wildman–Crippen LogP) is 2.99. The number of pyridine rings is 1. The monoisotopic (exact) mass is 378 g/mol. The zero-order valence-corrected chi connectivity index (χ0v) is 15.5. The zero-order chi connectivity index (χ0) is 19.2. The van der Waals surface area contributed by atoms with Gasteiger partial charge in [0.25, 0.3) is 11.8 Å². The molecule has 3 aromatic rings. The molecule has 1 aliphatic rings. The Labute approximate surface area is 163 Å². The second-order valence-electron chi connectivity index (χ2n) is 6.89. The van der Waals surface area contributed by atoms with Crippen LogP contribution in [0.25, 0.3) is 11.5 Å². The SMILES string of the molecule is O=C(COc1ccccc1)N1CCC(CCc2noc(-c3cccnc3)n2)C1. The van der Waals surface area contributed by atoms with E-state index in [2.05, 4.69) is 15.1 Å². The number of aryl methyl sites for hydroxylation is 1. The van der Waals surface area contributed by atoms with E-state index in [9.17, 15) is 4.79 Å². The first kappa shape index (κ1) is 18.2. The van der Waals surface area contributed by atoms with Gasteiger partial charge in [-0.15, -0.1) is 0 Å². The topological polar surface area (TPSA) is 81.4 Å². The van der Waals surface area contributed by atoms with Crippen LogP contribution in [0.1, 0.15) is 18.7 Å². The molecule has 7 nitrogen and oxygen atoms in total. The van der Waals surface area contributed by atoms with Crippen molar-refractivity contribution in [1.29, 1.82) is 0 Å². The van der Waals surface area contributed by atoms with Gasteiger partial charge in [-0.3, -0.25) is 9.78 Å². The molecule has 1 atom stereocenters. The van der Waals surface area contributed by atoms with Crippen molar-refractivity contribution in [3.8, 4) is 17.2 Å². The van der Waals surface area contributed by atoms with Crippen LogP contribution in [0, 0.1) is 5.92 Å². The van der Waals surface area contributed by atoms with Gasteiger partial charge in [-0.1, -0.05) is 23.4 Å². The molecule has 0 N–H and O–H groups in total. The van der Waals surface area contributed by atoms with E-state index in [0.717, 1.165) is 37.9 Å². The Morgan fingerprint density at radius 1 is 1.21 bits per heavy atom. The molecular formula is C21H22N4O3. The third-order valence-electron chi connectivity index (χ3n) is 4.90. The number of hydrogen-bond donors (Lipinski definition) is 0. The Morgan fingerprint density at radius 3 is 2.93 bits per heavy atom. The smallest absolute Gasteiger partial charge is 0.260 e. The van der Waals surface area contributed by atoms with Gasteiger partial charge < -0.3 is 14.2 Å². The minimum absolute atomic E-state index is 0.0322. The van der Waals surface area contributed by atoms with E-state index in [4.69, 9.17) is 9.26 Å². The Balaban J connectivity index is 1.23. The van der Waals surface area contributed by atoms with E-state index in [1.165, 1.54) is 0 Å². The third kappa shape index (κ3) is 4.54. The quantitative estimate of drug-likeness (QED) is 0.629. The van der Waals surface area contributed by atoms with Gasteiger partial charge in [0.15, 0.2) is 12.4 Å². The van der Waals surface area contributed by atoms with Crippen LogP contribution in [-0.4, -0.2) is 45.6 Å². The first-order valence-corrected chi connectivity index (χ1v) is 9.46. The summed E-state index contributed by atoms with van der Waals surface area (Å²) in [6.07, 6.45) is 6.06. The van der Waals surface area contributed by atoms with Gasteiger partial charge in [0, 0.05) is 31.9 Å². The molecule has 1 saturated heterocycles. The minimum atomic E-state index is 0.0322. The summed E-state index contributed by atoms with van der Waals surface area (Å²) >= 11 is 0. The highest BCUT2D eigenvalue weighted by Gasteiger charge is 2.26. The van der Waals surface area contributed by atoms with Crippen LogP contribution in [0.15, 0.2) is 59.4 Å². The third-order valence-corrected chi connectivity index (χ3v) is 4.90. The van der Waals surface area contributed by atoms with Gasteiger partial charge in [-0.25, -0.2) is 0 Å². The van der Waals surface area contributed by atoms with Crippen molar-refractivity contribution >= 4 is 5.91 Å². The molecule has 0 bridgehead atoms. The summed E-state index contributed by atoms with van der Waals surface area (Å²) in [7, 11) is 0. The minimum Gasteiger partial charge on any atom is -0.484 e. The maximum atomic E-state index is 12.4. The van der Waals surface area contributed by atoms with E-state index in [0.29, 0.717) is 23.4 Å². The van der Waals surface area contributed by atoms with Crippen LogP contribution in [-0.2, 0) is 11.2 Å². The Bertz CT molecular complexity index is 898. The van der Waals surface area contributed by atoms with Crippen molar-refractivity contribution in [2.45, 2.75) is 19.3 Å². The molecule has 7 heteroatoms. The van der Waals surface area contributed by atoms with Crippen molar-refractivity contribution in [2.24, 2.45) is 5.92 Å². The van der Waals surface area contributed by atoms with Crippen molar-refractivity contribution in [1.82, 2.24) is 20.0 Å². The molecule has 1 aliphatic heterocycles. The largest absolute Gasteiger partial charge is 0.484 e. The molecule has 2 aromatic heterocycles. The molecule has 4 rings (SSSR count). The number of hydrogen-bond acceptors (Lipinski definition) is 6. The van der Waals surface area contributed by atoms with Crippen molar-refractivity contribution in [3.05, 3.63) is 60.7 Å². The highest BCUT2D eigenvalue weighted by Crippen LogP contribution is 2.22. The Kier molecular flexibility index (Phi) is 5.61. The number of carbonyl (C=O) groups is 1. The second-order valence-corrected chi connectivity index (χ2v) is 6.89.